The maximum atomic E-state index is 12.6. The van der Waals surface area contributed by atoms with Crippen molar-refractivity contribution in [2.45, 2.75) is 44.3 Å². The van der Waals surface area contributed by atoms with Gasteiger partial charge < -0.3 is 16.0 Å². The fourth-order valence-corrected chi connectivity index (χ4v) is 4.45. The lowest BCUT2D eigenvalue weighted by molar-refractivity contribution is 0.176. The summed E-state index contributed by atoms with van der Waals surface area (Å²) in [6.45, 7) is 3.67. The summed E-state index contributed by atoms with van der Waals surface area (Å²) < 4.78 is 1.48. The average Bonchev–Trinajstić information content (AvgIpc) is 2.81. The Morgan fingerprint density at radius 3 is 2.50 bits per heavy atom. The second-order valence-electron chi connectivity index (χ2n) is 8.78. The van der Waals surface area contributed by atoms with Crippen molar-refractivity contribution in [2.75, 3.05) is 38.5 Å². The van der Waals surface area contributed by atoms with Crippen molar-refractivity contribution in [3.05, 3.63) is 52.6 Å². The van der Waals surface area contributed by atoms with Gasteiger partial charge in [-0.3, -0.25) is 14.8 Å². The van der Waals surface area contributed by atoms with Gasteiger partial charge in [-0.25, -0.2) is 9.59 Å². The number of rotatable bonds is 5. The Bertz CT molecular complexity index is 961. The number of carbonyl (C=O) groups excluding carboxylic acids is 1. The number of anilines is 1. The molecule has 1 aliphatic heterocycles. The van der Waals surface area contributed by atoms with E-state index in [-0.39, 0.29) is 11.8 Å². The SMILES string of the molecule is CN(Cc1ccc(-n2ccc(NC(=O)N3CCNCC3)nc2=O)cc1)C1CCC(N)CC1. The number of hydrogen-bond donors (Lipinski definition) is 3. The van der Waals surface area contributed by atoms with E-state index in [4.69, 9.17) is 5.73 Å². The van der Waals surface area contributed by atoms with Crippen molar-refractivity contribution >= 4 is 11.8 Å². The van der Waals surface area contributed by atoms with Gasteiger partial charge in [0.25, 0.3) is 0 Å². The van der Waals surface area contributed by atoms with Gasteiger partial charge in [0, 0.05) is 51.0 Å². The summed E-state index contributed by atoms with van der Waals surface area (Å²) in [5.41, 5.74) is 7.55. The van der Waals surface area contributed by atoms with E-state index in [1.807, 2.05) is 24.3 Å². The number of nitrogens with zero attached hydrogens (tertiary/aromatic N) is 4. The fraction of sp³-hybridized carbons (Fsp3) is 0.522. The summed E-state index contributed by atoms with van der Waals surface area (Å²) in [6.07, 6.45) is 6.13. The number of piperazine rings is 1. The molecule has 1 saturated carbocycles. The van der Waals surface area contributed by atoms with Gasteiger partial charge in [0.05, 0.1) is 5.69 Å². The molecule has 2 amide bonds. The Hall–Kier alpha value is -2.75. The fourth-order valence-electron chi connectivity index (χ4n) is 4.45. The van der Waals surface area contributed by atoms with Gasteiger partial charge in [-0.2, -0.15) is 4.98 Å². The Kier molecular flexibility index (Phi) is 7.19. The third-order valence-corrected chi connectivity index (χ3v) is 6.45. The molecule has 2 aromatic rings. The zero-order valence-electron chi connectivity index (χ0n) is 18.7. The molecular formula is C23H33N7O2. The van der Waals surface area contributed by atoms with E-state index in [1.165, 1.54) is 10.1 Å². The van der Waals surface area contributed by atoms with Crippen molar-refractivity contribution in [3.8, 4) is 5.69 Å². The van der Waals surface area contributed by atoms with Gasteiger partial charge in [0.15, 0.2) is 0 Å². The van der Waals surface area contributed by atoms with E-state index in [1.54, 1.807) is 17.2 Å². The molecule has 9 heteroatoms. The highest BCUT2D eigenvalue weighted by Gasteiger charge is 2.22. The molecule has 0 radical (unpaired) electrons. The molecule has 0 spiro atoms. The Morgan fingerprint density at radius 1 is 1.16 bits per heavy atom. The molecule has 1 aromatic carbocycles. The molecule has 1 aliphatic carbocycles. The number of carbonyl (C=O) groups is 1. The van der Waals surface area contributed by atoms with Crippen LogP contribution in [0.2, 0.25) is 0 Å². The van der Waals surface area contributed by atoms with E-state index < -0.39 is 5.69 Å². The van der Waals surface area contributed by atoms with Crippen LogP contribution in [0.1, 0.15) is 31.2 Å². The number of hydrogen-bond acceptors (Lipinski definition) is 6. The second kappa shape index (κ2) is 10.2. The number of amides is 2. The third-order valence-electron chi connectivity index (χ3n) is 6.45. The minimum atomic E-state index is -0.425. The van der Waals surface area contributed by atoms with Gasteiger partial charge in [-0.1, -0.05) is 12.1 Å². The molecule has 0 bridgehead atoms. The molecule has 32 heavy (non-hydrogen) atoms. The van der Waals surface area contributed by atoms with Crippen LogP contribution in [0.25, 0.3) is 5.69 Å². The second-order valence-corrected chi connectivity index (χ2v) is 8.78. The Balaban J connectivity index is 1.37. The molecule has 2 heterocycles. The summed E-state index contributed by atoms with van der Waals surface area (Å²) in [5, 5.41) is 5.92. The maximum Gasteiger partial charge on any atom is 0.354 e. The molecule has 172 valence electrons. The van der Waals surface area contributed by atoms with Crippen LogP contribution in [-0.4, -0.2) is 70.7 Å². The van der Waals surface area contributed by atoms with Crippen LogP contribution in [0.4, 0.5) is 10.6 Å². The molecule has 1 saturated heterocycles. The highest BCUT2D eigenvalue weighted by Crippen LogP contribution is 2.22. The molecular weight excluding hydrogens is 406 g/mol. The minimum Gasteiger partial charge on any atom is -0.328 e. The quantitative estimate of drug-likeness (QED) is 0.649. The van der Waals surface area contributed by atoms with E-state index in [9.17, 15) is 9.59 Å². The highest BCUT2D eigenvalue weighted by molar-refractivity contribution is 5.88. The molecule has 4 N–H and O–H groups in total. The van der Waals surface area contributed by atoms with E-state index in [0.29, 0.717) is 25.2 Å². The topological polar surface area (TPSA) is 109 Å². The lowest BCUT2D eigenvalue weighted by Gasteiger charge is -2.33. The van der Waals surface area contributed by atoms with Crippen LogP contribution in [-0.2, 0) is 6.54 Å². The third kappa shape index (κ3) is 5.53. The van der Waals surface area contributed by atoms with Crippen LogP contribution < -0.4 is 22.1 Å². The summed E-state index contributed by atoms with van der Waals surface area (Å²) in [7, 11) is 2.16. The van der Waals surface area contributed by atoms with Crippen LogP contribution in [0.3, 0.4) is 0 Å². The smallest absolute Gasteiger partial charge is 0.328 e. The number of benzene rings is 1. The standard InChI is InChI=1S/C23H33N7O2/c1-28(19-8-4-18(24)5-9-19)16-17-2-6-20(7-3-17)30-13-10-21(27-23(30)32)26-22(31)29-14-11-25-12-15-29/h2-3,6-7,10,13,18-19,25H,4-5,8-9,11-12,14-16,24H2,1H3,(H,26,27,31,32). The van der Waals surface area contributed by atoms with E-state index >= 15 is 0 Å². The van der Waals surface area contributed by atoms with Gasteiger partial charge in [-0.05, 0) is 56.5 Å². The number of urea groups is 1. The molecule has 9 nitrogen and oxygen atoms in total. The number of nitrogens with one attached hydrogen (secondary N) is 2. The van der Waals surface area contributed by atoms with Crippen LogP contribution >= 0.6 is 0 Å². The van der Waals surface area contributed by atoms with Crippen LogP contribution in [0.5, 0.6) is 0 Å². The van der Waals surface area contributed by atoms with Gasteiger partial charge >= 0.3 is 11.7 Å². The first-order valence-corrected chi connectivity index (χ1v) is 11.4. The Morgan fingerprint density at radius 2 is 1.84 bits per heavy atom. The lowest BCUT2D eigenvalue weighted by atomic mass is 9.91. The summed E-state index contributed by atoms with van der Waals surface area (Å²) in [5.74, 6) is 0.264. The van der Waals surface area contributed by atoms with Crippen LogP contribution in [0, 0.1) is 0 Å². The largest absolute Gasteiger partial charge is 0.354 e. The highest BCUT2D eigenvalue weighted by atomic mass is 16.2. The average molecular weight is 440 g/mol. The summed E-state index contributed by atoms with van der Waals surface area (Å²) in [6, 6.07) is 10.3. The predicted molar refractivity (Wildman–Crippen MR) is 125 cm³/mol. The molecule has 0 unspecified atom stereocenters. The molecule has 1 aromatic heterocycles. The van der Waals surface area contributed by atoms with Crippen molar-refractivity contribution in [2.24, 2.45) is 5.73 Å². The monoisotopic (exact) mass is 439 g/mol. The van der Waals surface area contributed by atoms with Crippen molar-refractivity contribution < 1.29 is 4.79 Å². The summed E-state index contributed by atoms with van der Waals surface area (Å²) >= 11 is 0. The summed E-state index contributed by atoms with van der Waals surface area (Å²) in [4.78, 5) is 33.0. The number of aromatic nitrogens is 2. The van der Waals surface area contributed by atoms with Gasteiger partial charge in [0.1, 0.15) is 5.82 Å². The predicted octanol–water partition coefficient (Wildman–Crippen LogP) is 1.37. The molecule has 2 aliphatic rings. The van der Waals surface area contributed by atoms with E-state index in [2.05, 4.69) is 27.6 Å². The van der Waals surface area contributed by atoms with Crippen molar-refractivity contribution in [1.29, 1.82) is 0 Å². The van der Waals surface area contributed by atoms with Gasteiger partial charge in [-0.15, -0.1) is 0 Å². The van der Waals surface area contributed by atoms with Crippen molar-refractivity contribution in [1.82, 2.24) is 24.7 Å². The normalized spacial score (nSPS) is 21.5. The van der Waals surface area contributed by atoms with Crippen molar-refractivity contribution in [3.63, 3.8) is 0 Å². The van der Waals surface area contributed by atoms with Crippen LogP contribution in [0.15, 0.2) is 41.3 Å². The Labute approximate surface area is 188 Å². The first-order valence-electron chi connectivity index (χ1n) is 11.4. The zero-order chi connectivity index (χ0) is 22.5. The molecule has 2 fully saturated rings. The first kappa shape index (κ1) is 22.4. The number of nitrogens with two attached hydrogens (primary N) is 1. The lowest BCUT2D eigenvalue weighted by Crippen LogP contribution is -2.48. The van der Waals surface area contributed by atoms with Gasteiger partial charge in [0.2, 0.25) is 0 Å². The minimum absolute atomic E-state index is 0.232. The first-order chi connectivity index (χ1) is 15.5. The molecule has 0 atom stereocenters. The zero-order valence-corrected chi connectivity index (χ0v) is 18.7. The maximum absolute atomic E-state index is 12.6. The van der Waals surface area contributed by atoms with E-state index in [0.717, 1.165) is 51.0 Å². The molecule has 4 rings (SSSR count).